The molecule has 0 saturated heterocycles. The van der Waals surface area contributed by atoms with Crippen molar-refractivity contribution in [1.82, 2.24) is 15.3 Å². The van der Waals surface area contributed by atoms with E-state index in [1.807, 2.05) is 19.1 Å². The van der Waals surface area contributed by atoms with Gasteiger partial charge in [-0.15, -0.1) is 0 Å². The second-order valence-corrected chi connectivity index (χ2v) is 3.92. The molecular formula is C13H14N4O. The maximum Gasteiger partial charge on any atom is 0.253 e. The van der Waals surface area contributed by atoms with E-state index in [9.17, 15) is 4.79 Å². The number of nitrogen functional groups attached to an aromatic ring is 1. The fourth-order valence-electron chi connectivity index (χ4n) is 1.51. The molecule has 0 aliphatic rings. The number of rotatable bonds is 3. The number of aryl methyl sites for hydroxylation is 1. The van der Waals surface area contributed by atoms with Gasteiger partial charge in [-0.05, 0) is 30.7 Å². The van der Waals surface area contributed by atoms with Gasteiger partial charge in [-0.3, -0.25) is 9.78 Å². The summed E-state index contributed by atoms with van der Waals surface area (Å²) in [5.41, 5.74) is 7.85. The molecule has 5 nitrogen and oxygen atoms in total. The molecule has 0 unspecified atom stereocenters. The highest BCUT2D eigenvalue weighted by Crippen LogP contribution is 2.04. The molecule has 2 aromatic rings. The van der Waals surface area contributed by atoms with Crippen molar-refractivity contribution in [2.75, 3.05) is 5.73 Å². The lowest BCUT2D eigenvalue weighted by Crippen LogP contribution is -2.23. The molecule has 0 atom stereocenters. The Morgan fingerprint density at radius 1 is 1.33 bits per heavy atom. The fourth-order valence-corrected chi connectivity index (χ4v) is 1.51. The van der Waals surface area contributed by atoms with Gasteiger partial charge in [0.25, 0.3) is 5.91 Å². The Hall–Kier alpha value is -2.43. The van der Waals surface area contributed by atoms with Crippen molar-refractivity contribution >= 4 is 11.7 Å². The van der Waals surface area contributed by atoms with E-state index < -0.39 is 0 Å². The van der Waals surface area contributed by atoms with Gasteiger partial charge in [0.1, 0.15) is 5.82 Å². The maximum atomic E-state index is 11.8. The van der Waals surface area contributed by atoms with E-state index in [4.69, 9.17) is 5.73 Å². The first kappa shape index (κ1) is 12.0. The van der Waals surface area contributed by atoms with Gasteiger partial charge in [0.2, 0.25) is 0 Å². The van der Waals surface area contributed by atoms with Gasteiger partial charge < -0.3 is 11.1 Å². The van der Waals surface area contributed by atoms with E-state index in [0.29, 0.717) is 17.9 Å². The van der Waals surface area contributed by atoms with E-state index in [0.717, 1.165) is 11.3 Å². The van der Waals surface area contributed by atoms with E-state index in [1.54, 1.807) is 18.3 Å². The van der Waals surface area contributed by atoms with Gasteiger partial charge in [-0.2, -0.15) is 0 Å². The zero-order valence-corrected chi connectivity index (χ0v) is 10.1. The number of hydrogen-bond acceptors (Lipinski definition) is 4. The van der Waals surface area contributed by atoms with Crippen molar-refractivity contribution in [3.05, 3.63) is 53.5 Å². The Kier molecular flexibility index (Phi) is 3.52. The number of anilines is 1. The summed E-state index contributed by atoms with van der Waals surface area (Å²) in [5, 5.41) is 2.79. The highest BCUT2D eigenvalue weighted by Gasteiger charge is 2.06. The first-order valence-corrected chi connectivity index (χ1v) is 5.57. The van der Waals surface area contributed by atoms with Gasteiger partial charge in [0.05, 0.1) is 17.8 Å². The predicted molar refractivity (Wildman–Crippen MR) is 68.8 cm³/mol. The molecule has 2 rings (SSSR count). The summed E-state index contributed by atoms with van der Waals surface area (Å²) in [7, 11) is 0. The third-order valence-corrected chi connectivity index (χ3v) is 2.58. The molecule has 0 spiro atoms. The smallest absolute Gasteiger partial charge is 0.253 e. The molecule has 1 amide bonds. The zero-order valence-electron chi connectivity index (χ0n) is 10.1. The van der Waals surface area contributed by atoms with Gasteiger partial charge in [0.15, 0.2) is 0 Å². The average Bonchev–Trinajstić information content (AvgIpc) is 2.38. The van der Waals surface area contributed by atoms with Crippen LogP contribution in [-0.2, 0) is 6.54 Å². The summed E-state index contributed by atoms with van der Waals surface area (Å²) in [4.78, 5) is 19.9. The van der Waals surface area contributed by atoms with Crippen LogP contribution in [0.3, 0.4) is 0 Å². The maximum absolute atomic E-state index is 11.8. The number of pyridine rings is 2. The minimum Gasteiger partial charge on any atom is -0.384 e. The summed E-state index contributed by atoms with van der Waals surface area (Å²) in [6.45, 7) is 2.36. The van der Waals surface area contributed by atoms with Gasteiger partial charge >= 0.3 is 0 Å². The molecule has 0 fully saturated rings. The molecule has 0 aliphatic heterocycles. The van der Waals surface area contributed by atoms with Crippen molar-refractivity contribution in [2.45, 2.75) is 13.5 Å². The molecule has 0 radical (unpaired) electrons. The molecular weight excluding hydrogens is 228 g/mol. The molecule has 0 bridgehead atoms. The molecule has 0 saturated carbocycles. The number of carbonyl (C=O) groups excluding carboxylic acids is 1. The van der Waals surface area contributed by atoms with Crippen LogP contribution in [-0.4, -0.2) is 15.9 Å². The summed E-state index contributed by atoms with van der Waals surface area (Å²) >= 11 is 0. The minimum atomic E-state index is -0.187. The summed E-state index contributed by atoms with van der Waals surface area (Å²) < 4.78 is 0. The van der Waals surface area contributed by atoms with Crippen LogP contribution < -0.4 is 11.1 Å². The van der Waals surface area contributed by atoms with Crippen LogP contribution >= 0.6 is 0 Å². The Bertz CT molecular complexity index is 551. The Morgan fingerprint density at radius 2 is 2.17 bits per heavy atom. The van der Waals surface area contributed by atoms with Crippen molar-refractivity contribution in [3.63, 3.8) is 0 Å². The lowest BCUT2D eigenvalue weighted by atomic mass is 10.2. The second kappa shape index (κ2) is 5.27. The molecule has 18 heavy (non-hydrogen) atoms. The lowest BCUT2D eigenvalue weighted by molar-refractivity contribution is 0.0950. The number of carbonyl (C=O) groups is 1. The molecule has 92 valence electrons. The largest absolute Gasteiger partial charge is 0.384 e. The number of nitrogens with one attached hydrogen (secondary N) is 1. The van der Waals surface area contributed by atoms with Crippen LogP contribution in [0.1, 0.15) is 21.6 Å². The Balaban J connectivity index is 2.01. The fraction of sp³-hybridized carbons (Fsp3) is 0.154. The molecule has 3 N–H and O–H groups in total. The highest BCUT2D eigenvalue weighted by molar-refractivity contribution is 5.93. The van der Waals surface area contributed by atoms with Crippen molar-refractivity contribution in [3.8, 4) is 0 Å². The quantitative estimate of drug-likeness (QED) is 0.850. The number of nitrogens with zero attached hydrogens (tertiary/aromatic N) is 2. The summed E-state index contributed by atoms with van der Waals surface area (Å²) in [5.74, 6) is 0.208. The second-order valence-electron chi connectivity index (χ2n) is 3.92. The molecule has 5 heteroatoms. The number of nitrogens with two attached hydrogens (primary N) is 1. The SMILES string of the molecule is Cc1cccnc1CNC(=O)c1ccc(N)nc1. The van der Waals surface area contributed by atoms with E-state index in [2.05, 4.69) is 15.3 Å². The van der Waals surface area contributed by atoms with Gasteiger partial charge in [-0.25, -0.2) is 4.98 Å². The van der Waals surface area contributed by atoms with Crippen LogP contribution in [0, 0.1) is 6.92 Å². The average molecular weight is 242 g/mol. The number of aromatic nitrogens is 2. The van der Waals surface area contributed by atoms with E-state index >= 15 is 0 Å². The van der Waals surface area contributed by atoms with Crippen LogP contribution in [0.4, 0.5) is 5.82 Å². The highest BCUT2D eigenvalue weighted by atomic mass is 16.1. The number of hydrogen-bond donors (Lipinski definition) is 2. The van der Waals surface area contributed by atoms with E-state index in [1.165, 1.54) is 6.20 Å². The third-order valence-electron chi connectivity index (χ3n) is 2.58. The standard InChI is InChI=1S/C13H14N4O/c1-9-3-2-6-15-11(9)8-17-13(18)10-4-5-12(14)16-7-10/h2-7H,8H2,1H3,(H2,14,16)(H,17,18). The molecule has 0 aromatic carbocycles. The molecule has 0 aliphatic carbocycles. The number of amides is 1. The third kappa shape index (κ3) is 2.82. The monoisotopic (exact) mass is 242 g/mol. The van der Waals surface area contributed by atoms with Crippen LogP contribution in [0.2, 0.25) is 0 Å². The lowest BCUT2D eigenvalue weighted by Gasteiger charge is -2.06. The first-order valence-electron chi connectivity index (χ1n) is 5.57. The Morgan fingerprint density at radius 3 is 2.83 bits per heavy atom. The topological polar surface area (TPSA) is 80.9 Å². The first-order chi connectivity index (χ1) is 8.66. The minimum absolute atomic E-state index is 0.187. The van der Waals surface area contributed by atoms with Crippen molar-refractivity contribution in [1.29, 1.82) is 0 Å². The zero-order chi connectivity index (χ0) is 13.0. The van der Waals surface area contributed by atoms with Crippen LogP contribution in [0.25, 0.3) is 0 Å². The van der Waals surface area contributed by atoms with Crippen LogP contribution in [0.5, 0.6) is 0 Å². The van der Waals surface area contributed by atoms with Crippen molar-refractivity contribution < 1.29 is 4.79 Å². The van der Waals surface area contributed by atoms with Gasteiger partial charge in [-0.1, -0.05) is 6.07 Å². The summed E-state index contributed by atoms with van der Waals surface area (Å²) in [6.07, 6.45) is 3.16. The molecule has 2 aromatic heterocycles. The van der Waals surface area contributed by atoms with E-state index in [-0.39, 0.29) is 5.91 Å². The Labute approximate surface area is 105 Å². The normalized spacial score (nSPS) is 10.1. The van der Waals surface area contributed by atoms with Crippen LogP contribution in [0.15, 0.2) is 36.7 Å². The van der Waals surface area contributed by atoms with Gasteiger partial charge in [0, 0.05) is 12.4 Å². The summed E-state index contributed by atoms with van der Waals surface area (Å²) in [6, 6.07) is 7.06. The molecule has 2 heterocycles. The predicted octanol–water partition coefficient (Wildman–Crippen LogP) is 1.30. The van der Waals surface area contributed by atoms with Crippen molar-refractivity contribution in [2.24, 2.45) is 0 Å².